The van der Waals surface area contributed by atoms with Crippen molar-refractivity contribution in [3.05, 3.63) is 164 Å². The monoisotopic (exact) mass is 601 g/mol. The fourth-order valence-electron chi connectivity index (χ4n) is 7.50. The van der Waals surface area contributed by atoms with Gasteiger partial charge in [-0.25, -0.2) is 0 Å². The summed E-state index contributed by atoms with van der Waals surface area (Å²) in [4.78, 5) is 2.66. The Morgan fingerprint density at radius 1 is 0.413 bits per heavy atom. The second-order valence-electron chi connectivity index (χ2n) is 12.1. The Morgan fingerprint density at radius 2 is 1.11 bits per heavy atom. The highest BCUT2D eigenvalue weighted by Gasteiger charge is 2.21. The fraction of sp³-hybridized carbons (Fsp3) is 0. The predicted molar refractivity (Wildman–Crippen MR) is 196 cm³/mol. The zero-order valence-corrected chi connectivity index (χ0v) is 25.8. The minimum Gasteiger partial charge on any atom is -0.309 e. The molecule has 0 saturated carbocycles. The first-order valence-electron chi connectivity index (χ1n) is 15.8. The molecule has 0 spiro atoms. The topological polar surface area (TPSA) is 4.93 Å². The molecule has 214 valence electrons. The van der Waals surface area contributed by atoms with Gasteiger partial charge in [0.1, 0.15) is 0 Å². The van der Waals surface area contributed by atoms with Crippen LogP contribution in [0.1, 0.15) is 0 Å². The van der Waals surface area contributed by atoms with Crippen LogP contribution in [-0.2, 0) is 0 Å². The molecule has 0 N–H and O–H groups in total. The average Bonchev–Trinajstić information content (AvgIpc) is 3.45. The molecule has 1 aliphatic rings. The molecular weight excluding hydrogens is 575 g/mol. The first-order valence-corrected chi connectivity index (χ1v) is 16.6. The van der Waals surface area contributed by atoms with Crippen molar-refractivity contribution < 1.29 is 0 Å². The molecule has 10 rings (SSSR count). The van der Waals surface area contributed by atoms with E-state index in [1.54, 1.807) is 0 Å². The minimum absolute atomic E-state index is 1.17. The lowest BCUT2D eigenvalue weighted by molar-refractivity contribution is 1.18. The van der Waals surface area contributed by atoms with E-state index in [-0.39, 0.29) is 0 Å². The van der Waals surface area contributed by atoms with Crippen LogP contribution in [-0.4, -0.2) is 4.57 Å². The molecule has 9 aromatic rings. The van der Waals surface area contributed by atoms with Crippen molar-refractivity contribution in [2.75, 3.05) is 0 Å². The quantitative estimate of drug-likeness (QED) is 0.195. The molecule has 1 nitrogen and oxygen atoms in total. The summed E-state index contributed by atoms with van der Waals surface area (Å²) in [5.41, 5.74) is 11.2. The Kier molecular flexibility index (Phi) is 5.58. The van der Waals surface area contributed by atoms with Gasteiger partial charge in [-0.3, -0.25) is 0 Å². The van der Waals surface area contributed by atoms with E-state index in [1.807, 2.05) is 11.8 Å². The van der Waals surface area contributed by atoms with Crippen LogP contribution >= 0.6 is 11.8 Å². The molecule has 8 aromatic carbocycles. The van der Waals surface area contributed by atoms with Gasteiger partial charge in [-0.1, -0.05) is 133 Å². The molecule has 0 atom stereocenters. The van der Waals surface area contributed by atoms with Crippen molar-refractivity contribution in [3.63, 3.8) is 0 Å². The van der Waals surface area contributed by atoms with E-state index in [1.165, 1.54) is 92.2 Å². The van der Waals surface area contributed by atoms with E-state index in [4.69, 9.17) is 0 Å². The molecule has 1 aromatic heterocycles. The van der Waals surface area contributed by atoms with Gasteiger partial charge in [0.2, 0.25) is 0 Å². The van der Waals surface area contributed by atoms with Gasteiger partial charge in [0.15, 0.2) is 0 Å². The van der Waals surface area contributed by atoms with Crippen LogP contribution in [0.4, 0.5) is 0 Å². The van der Waals surface area contributed by atoms with Crippen molar-refractivity contribution in [3.8, 4) is 39.1 Å². The molecule has 46 heavy (non-hydrogen) atoms. The second kappa shape index (κ2) is 9.97. The van der Waals surface area contributed by atoms with Gasteiger partial charge in [-0.15, -0.1) is 0 Å². The third kappa shape index (κ3) is 3.77. The van der Waals surface area contributed by atoms with Gasteiger partial charge in [0.05, 0.1) is 11.0 Å². The number of aromatic nitrogens is 1. The smallest absolute Gasteiger partial charge is 0.0625 e. The largest absolute Gasteiger partial charge is 0.309 e. The van der Waals surface area contributed by atoms with Gasteiger partial charge < -0.3 is 4.57 Å². The van der Waals surface area contributed by atoms with Crippen LogP contribution in [0.15, 0.2) is 174 Å². The zero-order chi connectivity index (χ0) is 30.2. The molecule has 2 heteroatoms. The van der Waals surface area contributed by atoms with Crippen molar-refractivity contribution >= 4 is 55.1 Å². The van der Waals surface area contributed by atoms with Gasteiger partial charge >= 0.3 is 0 Å². The average molecular weight is 602 g/mol. The van der Waals surface area contributed by atoms with Crippen LogP contribution in [0.25, 0.3) is 82.4 Å². The maximum absolute atomic E-state index is 2.44. The number of benzene rings is 8. The highest BCUT2D eigenvalue weighted by atomic mass is 32.2. The third-order valence-electron chi connectivity index (χ3n) is 9.56. The highest BCUT2D eigenvalue weighted by Crippen LogP contribution is 2.49. The summed E-state index contributed by atoms with van der Waals surface area (Å²) < 4.78 is 2.44. The molecule has 0 saturated heterocycles. The summed E-state index contributed by atoms with van der Waals surface area (Å²) in [6.07, 6.45) is 0. The summed E-state index contributed by atoms with van der Waals surface area (Å²) >= 11 is 1.88. The van der Waals surface area contributed by atoms with E-state index < -0.39 is 0 Å². The van der Waals surface area contributed by atoms with Crippen LogP contribution < -0.4 is 0 Å². The minimum atomic E-state index is 1.17. The Morgan fingerprint density at radius 3 is 1.98 bits per heavy atom. The lowest BCUT2D eigenvalue weighted by atomic mass is 9.92. The maximum atomic E-state index is 2.44. The summed E-state index contributed by atoms with van der Waals surface area (Å²) in [5, 5.41) is 7.74. The second-order valence-corrected chi connectivity index (χ2v) is 13.2. The number of rotatable bonds is 3. The summed E-state index contributed by atoms with van der Waals surface area (Å²) in [7, 11) is 0. The first-order chi connectivity index (χ1) is 22.8. The molecule has 1 aliphatic heterocycles. The Labute approximate surface area is 271 Å². The molecule has 0 amide bonds. The van der Waals surface area contributed by atoms with Crippen molar-refractivity contribution in [2.45, 2.75) is 9.79 Å². The van der Waals surface area contributed by atoms with Crippen LogP contribution in [0.2, 0.25) is 0 Å². The number of nitrogens with zero attached hydrogens (tertiary/aromatic N) is 1. The van der Waals surface area contributed by atoms with Gasteiger partial charge in [0.25, 0.3) is 0 Å². The SMILES string of the molecule is c1ccc(-n2c3ccccc3c3cc4ccccc4c(-c4ccc(-c5ccc6c(c5)-c5cccc7cccc(c57)S6)cc4)c32)cc1. The van der Waals surface area contributed by atoms with Crippen molar-refractivity contribution in [1.82, 2.24) is 4.57 Å². The molecule has 0 bridgehead atoms. The van der Waals surface area contributed by atoms with E-state index in [2.05, 4.69) is 168 Å². The Balaban J connectivity index is 1.17. The molecule has 0 fully saturated rings. The Hall–Kier alpha value is -5.57. The van der Waals surface area contributed by atoms with E-state index in [9.17, 15) is 0 Å². The molecule has 2 heterocycles. The summed E-state index contributed by atoms with van der Waals surface area (Å²) in [5.74, 6) is 0. The van der Waals surface area contributed by atoms with Gasteiger partial charge in [-0.2, -0.15) is 0 Å². The lowest BCUT2D eigenvalue weighted by Gasteiger charge is -2.21. The predicted octanol–water partition coefficient (Wildman–Crippen LogP) is 12.6. The van der Waals surface area contributed by atoms with Crippen molar-refractivity contribution in [1.29, 1.82) is 0 Å². The maximum Gasteiger partial charge on any atom is 0.0625 e. The normalized spacial score (nSPS) is 12.3. The van der Waals surface area contributed by atoms with Gasteiger partial charge in [-0.05, 0) is 86.4 Å². The van der Waals surface area contributed by atoms with E-state index in [0.29, 0.717) is 0 Å². The van der Waals surface area contributed by atoms with Crippen LogP contribution in [0, 0.1) is 0 Å². The number of para-hydroxylation sites is 2. The molecule has 0 aliphatic carbocycles. The van der Waals surface area contributed by atoms with Gasteiger partial charge in [0, 0.05) is 37.2 Å². The standard InChI is InChI=1S/C44H27NS/c1-2-13-33(14-3-1)45-39-18-7-6-16-35(39)38-27-32-10-4-5-15-34(32)43(44(38)45)30-22-20-28(21-23-30)31-24-25-40-37(26-31)36-17-8-11-29-12-9-19-41(46-40)42(29)36/h1-27H. The van der Waals surface area contributed by atoms with Crippen molar-refractivity contribution in [2.24, 2.45) is 0 Å². The van der Waals surface area contributed by atoms with E-state index >= 15 is 0 Å². The molecular formula is C44H27NS. The lowest BCUT2D eigenvalue weighted by Crippen LogP contribution is -1.96. The van der Waals surface area contributed by atoms with Crippen LogP contribution in [0.5, 0.6) is 0 Å². The number of fused-ring (bicyclic) bond motifs is 6. The third-order valence-corrected chi connectivity index (χ3v) is 10.7. The first kappa shape index (κ1) is 25.7. The number of hydrogen-bond donors (Lipinski definition) is 0. The molecule has 0 unspecified atom stereocenters. The summed E-state index contributed by atoms with van der Waals surface area (Å²) in [6, 6.07) is 60.2. The van der Waals surface area contributed by atoms with E-state index in [0.717, 1.165) is 0 Å². The summed E-state index contributed by atoms with van der Waals surface area (Å²) in [6.45, 7) is 0. The van der Waals surface area contributed by atoms with Crippen LogP contribution in [0.3, 0.4) is 0 Å². The highest BCUT2D eigenvalue weighted by molar-refractivity contribution is 7.99. The Bertz CT molecular complexity index is 2640. The molecule has 0 radical (unpaired) electrons. The fourth-order valence-corrected chi connectivity index (χ4v) is 8.63. The number of hydrogen-bond acceptors (Lipinski definition) is 1. The zero-order valence-electron chi connectivity index (χ0n) is 24.9.